The van der Waals surface area contributed by atoms with E-state index in [1.54, 1.807) is 19.2 Å². The van der Waals surface area contributed by atoms with Crippen molar-refractivity contribution in [3.8, 4) is 0 Å². The van der Waals surface area contributed by atoms with Crippen molar-refractivity contribution in [1.82, 2.24) is 0 Å². The van der Waals surface area contributed by atoms with Gasteiger partial charge in [-0.3, -0.25) is 0 Å². The van der Waals surface area contributed by atoms with Gasteiger partial charge in [0.25, 0.3) is 0 Å². The average molecular weight is 264 g/mol. The van der Waals surface area contributed by atoms with Crippen molar-refractivity contribution in [2.24, 2.45) is 0 Å². The Morgan fingerprint density at radius 2 is 2.05 bits per heavy atom. The van der Waals surface area contributed by atoms with Crippen LogP contribution in [0, 0.1) is 0 Å². The van der Waals surface area contributed by atoms with Crippen molar-refractivity contribution >= 4 is 5.97 Å². The summed E-state index contributed by atoms with van der Waals surface area (Å²) < 4.78 is 16.7. The Balaban J connectivity index is 2.13. The van der Waals surface area contributed by atoms with E-state index in [9.17, 15) is 4.79 Å². The lowest BCUT2D eigenvalue weighted by molar-refractivity contribution is -0.190. The number of hydrogen-bond acceptors (Lipinski definition) is 4. The lowest BCUT2D eigenvalue weighted by Crippen LogP contribution is -2.54. The first-order chi connectivity index (χ1) is 9.07. The highest BCUT2D eigenvalue weighted by molar-refractivity contribution is 5.89. The molecule has 1 aliphatic rings. The quantitative estimate of drug-likeness (QED) is 0.786. The Bertz CT molecular complexity index is 431. The first-order valence-corrected chi connectivity index (χ1v) is 6.49. The molecule has 0 radical (unpaired) electrons. The third-order valence-corrected chi connectivity index (χ3v) is 3.72. The molecule has 2 rings (SSSR count). The van der Waals surface area contributed by atoms with E-state index < -0.39 is 11.7 Å². The molecule has 0 aromatic heterocycles. The topological polar surface area (TPSA) is 44.8 Å². The molecular weight excluding hydrogens is 244 g/mol. The number of carbonyl (C=O) groups excluding carboxylic acids is 1. The molecule has 1 saturated heterocycles. The van der Waals surface area contributed by atoms with E-state index in [4.69, 9.17) is 14.2 Å². The summed E-state index contributed by atoms with van der Waals surface area (Å²) in [5, 5.41) is 0. The summed E-state index contributed by atoms with van der Waals surface area (Å²) in [4.78, 5) is 12.1. The van der Waals surface area contributed by atoms with Gasteiger partial charge in [-0.2, -0.15) is 0 Å². The monoisotopic (exact) mass is 264 g/mol. The van der Waals surface area contributed by atoms with E-state index in [2.05, 4.69) is 0 Å². The third-order valence-electron chi connectivity index (χ3n) is 3.72. The van der Waals surface area contributed by atoms with E-state index in [-0.39, 0.29) is 12.1 Å². The second-order valence-corrected chi connectivity index (χ2v) is 5.03. The fourth-order valence-electron chi connectivity index (χ4n) is 2.37. The lowest BCUT2D eigenvalue weighted by Gasteiger charge is -2.42. The predicted octanol–water partition coefficient (Wildman–Crippen LogP) is 2.43. The molecule has 0 bridgehead atoms. The van der Waals surface area contributed by atoms with Crippen molar-refractivity contribution in [3.63, 3.8) is 0 Å². The smallest absolute Gasteiger partial charge is 0.338 e. The number of rotatable bonds is 3. The molecule has 1 aliphatic heterocycles. The van der Waals surface area contributed by atoms with E-state index in [1.165, 1.54) is 0 Å². The van der Waals surface area contributed by atoms with Crippen LogP contribution >= 0.6 is 0 Å². The van der Waals surface area contributed by atoms with Crippen molar-refractivity contribution in [3.05, 3.63) is 35.9 Å². The first-order valence-electron chi connectivity index (χ1n) is 6.49. The van der Waals surface area contributed by atoms with Gasteiger partial charge in [-0.05, 0) is 26.0 Å². The second-order valence-electron chi connectivity index (χ2n) is 5.03. The standard InChI is InChI=1S/C15H20O4/c1-11-13(15(2,17-3)9-10-18-11)19-14(16)12-7-5-4-6-8-12/h4-8,11,13H,9-10H2,1-3H3. The summed E-state index contributed by atoms with van der Waals surface area (Å²) in [6, 6.07) is 8.96. The van der Waals surface area contributed by atoms with Gasteiger partial charge in [-0.1, -0.05) is 18.2 Å². The Hall–Kier alpha value is -1.39. The zero-order valence-corrected chi connectivity index (χ0v) is 11.6. The number of esters is 1. The van der Waals surface area contributed by atoms with Crippen LogP contribution in [-0.4, -0.2) is 37.5 Å². The molecule has 0 saturated carbocycles. The van der Waals surface area contributed by atoms with E-state index in [1.807, 2.05) is 32.0 Å². The molecule has 0 aliphatic carbocycles. The Labute approximate surface area is 113 Å². The molecule has 1 heterocycles. The molecule has 104 valence electrons. The molecule has 0 N–H and O–H groups in total. The molecule has 19 heavy (non-hydrogen) atoms. The zero-order valence-electron chi connectivity index (χ0n) is 11.6. The van der Waals surface area contributed by atoms with E-state index in [0.717, 1.165) is 0 Å². The normalized spacial score (nSPS) is 30.9. The van der Waals surface area contributed by atoms with Gasteiger partial charge in [-0.15, -0.1) is 0 Å². The van der Waals surface area contributed by atoms with Crippen LogP contribution in [0.4, 0.5) is 0 Å². The number of hydrogen-bond donors (Lipinski definition) is 0. The summed E-state index contributed by atoms with van der Waals surface area (Å²) in [5.41, 5.74) is 0.0426. The highest BCUT2D eigenvalue weighted by Crippen LogP contribution is 2.31. The van der Waals surface area contributed by atoms with Crippen LogP contribution < -0.4 is 0 Å². The second kappa shape index (κ2) is 5.72. The fraction of sp³-hybridized carbons (Fsp3) is 0.533. The minimum absolute atomic E-state index is 0.175. The van der Waals surface area contributed by atoms with Gasteiger partial charge in [0, 0.05) is 20.1 Å². The van der Waals surface area contributed by atoms with Crippen LogP contribution in [0.1, 0.15) is 30.6 Å². The van der Waals surface area contributed by atoms with Gasteiger partial charge in [-0.25, -0.2) is 4.79 Å². The Morgan fingerprint density at radius 3 is 2.68 bits per heavy atom. The summed E-state index contributed by atoms with van der Waals surface area (Å²) >= 11 is 0. The van der Waals surface area contributed by atoms with E-state index in [0.29, 0.717) is 18.6 Å². The lowest BCUT2D eigenvalue weighted by atomic mass is 9.89. The maximum Gasteiger partial charge on any atom is 0.338 e. The summed E-state index contributed by atoms with van der Waals surface area (Å²) in [6.45, 7) is 4.47. The summed E-state index contributed by atoms with van der Waals surface area (Å²) in [7, 11) is 1.64. The van der Waals surface area contributed by atoms with Crippen LogP contribution in [0.25, 0.3) is 0 Å². The van der Waals surface area contributed by atoms with Gasteiger partial charge < -0.3 is 14.2 Å². The number of ether oxygens (including phenoxy) is 3. The number of benzene rings is 1. The maximum atomic E-state index is 12.1. The van der Waals surface area contributed by atoms with Crippen molar-refractivity contribution in [2.75, 3.05) is 13.7 Å². The molecule has 0 spiro atoms. The summed E-state index contributed by atoms with van der Waals surface area (Å²) in [5.74, 6) is -0.341. The van der Waals surface area contributed by atoms with Crippen LogP contribution in [0.15, 0.2) is 30.3 Å². The molecule has 4 heteroatoms. The van der Waals surface area contributed by atoms with Gasteiger partial charge in [0.15, 0.2) is 6.10 Å². The van der Waals surface area contributed by atoms with Gasteiger partial charge in [0.2, 0.25) is 0 Å². The SMILES string of the molecule is COC1(C)CCOC(C)C1OC(=O)c1ccccc1. The number of carbonyl (C=O) groups is 1. The van der Waals surface area contributed by atoms with E-state index >= 15 is 0 Å². The van der Waals surface area contributed by atoms with Gasteiger partial charge in [0.05, 0.1) is 11.7 Å². The highest BCUT2D eigenvalue weighted by atomic mass is 16.6. The Kier molecular flexibility index (Phi) is 4.22. The predicted molar refractivity (Wildman–Crippen MR) is 71.1 cm³/mol. The van der Waals surface area contributed by atoms with Crippen LogP contribution in [-0.2, 0) is 14.2 Å². The molecule has 1 aromatic rings. The minimum atomic E-state index is -0.498. The van der Waals surface area contributed by atoms with Crippen LogP contribution in [0.3, 0.4) is 0 Å². The van der Waals surface area contributed by atoms with Crippen molar-refractivity contribution in [1.29, 1.82) is 0 Å². The minimum Gasteiger partial charge on any atom is -0.453 e. The number of methoxy groups -OCH3 is 1. The molecule has 3 atom stereocenters. The maximum absolute atomic E-state index is 12.1. The molecule has 0 amide bonds. The molecule has 3 unspecified atom stereocenters. The summed E-state index contributed by atoms with van der Waals surface area (Å²) in [6.07, 6.45) is 0.130. The average Bonchev–Trinajstić information content (AvgIpc) is 2.44. The first kappa shape index (κ1) is 14.0. The highest BCUT2D eigenvalue weighted by Gasteiger charge is 2.44. The van der Waals surface area contributed by atoms with Crippen molar-refractivity contribution in [2.45, 2.75) is 38.1 Å². The Morgan fingerprint density at radius 1 is 1.37 bits per heavy atom. The van der Waals surface area contributed by atoms with Crippen LogP contribution in [0.2, 0.25) is 0 Å². The van der Waals surface area contributed by atoms with Gasteiger partial charge >= 0.3 is 5.97 Å². The fourth-order valence-corrected chi connectivity index (χ4v) is 2.37. The van der Waals surface area contributed by atoms with Crippen LogP contribution in [0.5, 0.6) is 0 Å². The van der Waals surface area contributed by atoms with Gasteiger partial charge in [0.1, 0.15) is 5.60 Å². The largest absolute Gasteiger partial charge is 0.453 e. The van der Waals surface area contributed by atoms with Crippen molar-refractivity contribution < 1.29 is 19.0 Å². The molecule has 1 aromatic carbocycles. The molecule has 1 fully saturated rings. The molecule has 4 nitrogen and oxygen atoms in total. The zero-order chi connectivity index (χ0) is 13.9. The third kappa shape index (κ3) is 2.96. The molecular formula is C15H20O4.